The lowest BCUT2D eigenvalue weighted by Crippen LogP contribution is -2.24. The highest BCUT2D eigenvalue weighted by atomic mass is 19.1. The minimum Gasteiger partial charge on any atom is -0.494 e. The molecule has 6 heteroatoms. The maximum atomic E-state index is 13.6. The van der Waals surface area contributed by atoms with Crippen molar-refractivity contribution >= 4 is 23.2 Å². The second kappa shape index (κ2) is 7.34. The van der Waals surface area contributed by atoms with Gasteiger partial charge in [0.25, 0.3) is 0 Å². The Morgan fingerprint density at radius 2 is 2.08 bits per heavy atom. The first-order chi connectivity index (χ1) is 12.1. The topological polar surface area (TPSA) is 58.6 Å². The van der Waals surface area contributed by atoms with Crippen molar-refractivity contribution in [3.8, 4) is 5.75 Å². The second-order valence-electron chi connectivity index (χ2n) is 5.85. The van der Waals surface area contributed by atoms with Crippen LogP contribution in [0.5, 0.6) is 5.75 Å². The van der Waals surface area contributed by atoms with Crippen LogP contribution < -0.4 is 15.0 Å². The molecule has 2 aromatic carbocycles. The molecule has 5 nitrogen and oxygen atoms in total. The van der Waals surface area contributed by atoms with Gasteiger partial charge in [-0.15, -0.1) is 0 Å². The van der Waals surface area contributed by atoms with Crippen LogP contribution in [-0.2, 0) is 16.0 Å². The number of nitrogens with zero attached hydrogens (tertiary/aromatic N) is 1. The van der Waals surface area contributed by atoms with E-state index in [2.05, 4.69) is 5.32 Å². The third-order valence-corrected chi connectivity index (χ3v) is 4.14. The van der Waals surface area contributed by atoms with Gasteiger partial charge in [0, 0.05) is 24.7 Å². The molecule has 0 bridgehead atoms. The molecule has 0 radical (unpaired) electrons. The zero-order chi connectivity index (χ0) is 17.8. The highest BCUT2D eigenvalue weighted by molar-refractivity contribution is 5.98. The number of anilines is 2. The Labute approximate surface area is 145 Å². The van der Waals surface area contributed by atoms with Gasteiger partial charge in [-0.1, -0.05) is 18.2 Å². The zero-order valence-corrected chi connectivity index (χ0v) is 13.9. The molecular formula is C19H19FN2O3. The molecule has 1 N–H and O–H groups in total. The lowest BCUT2D eigenvalue weighted by atomic mass is 10.1. The van der Waals surface area contributed by atoms with Gasteiger partial charge in [0.05, 0.1) is 19.2 Å². The average Bonchev–Trinajstić information content (AvgIpc) is 3.02. The number of halogens is 1. The zero-order valence-electron chi connectivity index (χ0n) is 13.9. The van der Waals surface area contributed by atoms with Crippen LogP contribution in [0.4, 0.5) is 15.8 Å². The Morgan fingerprint density at radius 1 is 1.28 bits per heavy atom. The summed E-state index contributed by atoms with van der Waals surface area (Å²) in [6.07, 6.45) is 1.30. The summed E-state index contributed by atoms with van der Waals surface area (Å²) < 4.78 is 19.0. The maximum Gasteiger partial charge on any atom is 0.228 e. The molecule has 2 amide bonds. The lowest BCUT2D eigenvalue weighted by Gasteiger charge is -2.19. The third kappa shape index (κ3) is 3.79. The normalized spacial score (nSPS) is 13.8. The summed E-state index contributed by atoms with van der Waals surface area (Å²) in [5.41, 5.74) is 1.57. The molecule has 3 rings (SSSR count). The van der Waals surface area contributed by atoms with Crippen molar-refractivity contribution in [3.63, 3.8) is 0 Å². The minimum atomic E-state index is -0.405. The highest BCUT2D eigenvalue weighted by Gasteiger charge is 2.24. The fourth-order valence-corrected chi connectivity index (χ4v) is 2.90. The molecule has 1 aliphatic heterocycles. The number of methoxy groups -OCH3 is 1. The van der Waals surface area contributed by atoms with Gasteiger partial charge >= 0.3 is 0 Å². The van der Waals surface area contributed by atoms with Gasteiger partial charge < -0.3 is 15.0 Å². The first-order valence-corrected chi connectivity index (χ1v) is 8.10. The van der Waals surface area contributed by atoms with E-state index in [1.165, 1.54) is 13.2 Å². The van der Waals surface area contributed by atoms with Gasteiger partial charge in [-0.3, -0.25) is 9.59 Å². The number of carbonyl (C=O) groups excluding carboxylic acids is 2. The third-order valence-electron chi connectivity index (χ3n) is 4.14. The molecule has 0 saturated carbocycles. The van der Waals surface area contributed by atoms with Crippen LogP contribution in [0, 0.1) is 5.82 Å². The quantitative estimate of drug-likeness (QED) is 0.908. The van der Waals surface area contributed by atoms with Gasteiger partial charge in [0.15, 0.2) is 0 Å². The molecule has 1 saturated heterocycles. The van der Waals surface area contributed by atoms with E-state index in [0.717, 1.165) is 6.42 Å². The predicted octanol–water partition coefficient (Wildman–Crippen LogP) is 3.14. The highest BCUT2D eigenvalue weighted by Crippen LogP contribution is 2.33. The SMILES string of the molecule is COc1cc(NC(=O)Cc2ccccc2F)ccc1N1CCCC1=O. The molecule has 1 heterocycles. The average molecular weight is 342 g/mol. The molecule has 2 aromatic rings. The van der Waals surface area contributed by atoms with E-state index in [-0.39, 0.29) is 18.2 Å². The van der Waals surface area contributed by atoms with Crippen molar-refractivity contribution in [1.82, 2.24) is 0 Å². The Bertz CT molecular complexity index is 807. The van der Waals surface area contributed by atoms with Crippen LogP contribution in [0.2, 0.25) is 0 Å². The fourth-order valence-electron chi connectivity index (χ4n) is 2.90. The van der Waals surface area contributed by atoms with E-state index in [1.807, 2.05) is 0 Å². The number of hydrogen-bond acceptors (Lipinski definition) is 3. The number of ether oxygens (including phenoxy) is 1. The van der Waals surface area contributed by atoms with Gasteiger partial charge in [-0.25, -0.2) is 4.39 Å². The van der Waals surface area contributed by atoms with Crippen LogP contribution in [0.1, 0.15) is 18.4 Å². The van der Waals surface area contributed by atoms with Gasteiger partial charge in [0.1, 0.15) is 11.6 Å². The van der Waals surface area contributed by atoms with Gasteiger partial charge in [0.2, 0.25) is 11.8 Å². The van der Waals surface area contributed by atoms with Crippen molar-refractivity contribution in [2.75, 3.05) is 23.9 Å². The van der Waals surface area contributed by atoms with Crippen molar-refractivity contribution < 1.29 is 18.7 Å². The monoisotopic (exact) mass is 342 g/mol. The van der Waals surface area contributed by atoms with E-state index in [0.29, 0.717) is 35.7 Å². The van der Waals surface area contributed by atoms with Crippen molar-refractivity contribution in [2.45, 2.75) is 19.3 Å². The molecule has 130 valence electrons. The summed E-state index contributed by atoms with van der Waals surface area (Å²) in [5.74, 6) is -0.149. The molecular weight excluding hydrogens is 323 g/mol. The number of carbonyl (C=O) groups is 2. The van der Waals surface area contributed by atoms with Gasteiger partial charge in [-0.2, -0.15) is 0 Å². The lowest BCUT2D eigenvalue weighted by molar-refractivity contribution is -0.117. The number of nitrogens with one attached hydrogen (secondary N) is 1. The van der Waals surface area contributed by atoms with E-state index in [4.69, 9.17) is 4.74 Å². The standard InChI is InChI=1S/C19H19FN2O3/c1-25-17-12-14(8-9-16(17)22-10-4-7-19(22)24)21-18(23)11-13-5-2-3-6-15(13)20/h2-3,5-6,8-9,12H,4,7,10-11H2,1H3,(H,21,23). The smallest absolute Gasteiger partial charge is 0.228 e. The molecule has 1 aliphatic rings. The molecule has 0 unspecified atom stereocenters. The van der Waals surface area contributed by atoms with Crippen LogP contribution in [0.15, 0.2) is 42.5 Å². The Morgan fingerprint density at radius 3 is 2.76 bits per heavy atom. The maximum absolute atomic E-state index is 13.6. The summed E-state index contributed by atoms with van der Waals surface area (Å²) >= 11 is 0. The molecule has 0 spiro atoms. The van der Waals surface area contributed by atoms with Crippen LogP contribution in [0.3, 0.4) is 0 Å². The fraction of sp³-hybridized carbons (Fsp3) is 0.263. The van der Waals surface area contributed by atoms with Crippen LogP contribution >= 0.6 is 0 Å². The number of amides is 2. The molecule has 1 fully saturated rings. The van der Waals surface area contributed by atoms with Crippen molar-refractivity contribution in [1.29, 1.82) is 0 Å². The van der Waals surface area contributed by atoms with Crippen molar-refractivity contribution in [2.24, 2.45) is 0 Å². The Balaban J connectivity index is 1.73. The molecule has 25 heavy (non-hydrogen) atoms. The number of hydrogen-bond donors (Lipinski definition) is 1. The summed E-state index contributed by atoms with van der Waals surface area (Å²) in [5, 5.41) is 2.73. The summed E-state index contributed by atoms with van der Waals surface area (Å²) in [6.45, 7) is 0.661. The summed E-state index contributed by atoms with van der Waals surface area (Å²) in [7, 11) is 1.52. The predicted molar refractivity (Wildman–Crippen MR) is 93.3 cm³/mol. The first-order valence-electron chi connectivity index (χ1n) is 8.10. The number of rotatable bonds is 5. The van der Waals surface area contributed by atoms with Crippen LogP contribution in [0.25, 0.3) is 0 Å². The molecule has 0 atom stereocenters. The summed E-state index contributed by atoms with van der Waals surface area (Å²) in [4.78, 5) is 25.7. The molecule has 0 aliphatic carbocycles. The Kier molecular flexibility index (Phi) is 4.97. The molecule has 0 aromatic heterocycles. The first kappa shape index (κ1) is 17.0. The van der Waals surface area contributed by atoms with E-state index < -0.39 is 5.82 Å². The summed E-state index contributed by atoms with van der Waals surface area (Å²) in [6, 6.07) is 11.3. The van der Waals surface area contributed by atoms with Crippen LogP contribution in [-0.4, -0.2) is 25.5 Å². The minimum absolute atomic E-state index is 0.0542. The Hall–Kier alpha value is -2.89. The van der Waals surface area contributed by atoms with E-state index >= 15 is 0 Å². The van der Waals surface area contributed by atoms with E-state index in [9.17, 15) is 14.0 Å². The second-order valence-corrected chi connectivity index (χ2v) is 5.85. The van der Waals surface area contributed by atoms with E-state index in [1.54, 1.807) is 41.3 Å². The van der Waals surface area contributed by atoms with Gasteiger partial charge in [-0.05, 0) is 30.2 Å². The number of benzene rings is 2. The largest absolute Gasteiger partial charge is 0.494 e. The van der Waals surface area contributed by atoms with Crippen molar-refractivity contribution in [3.05, 3.63) is 53.8 Å².